The van der Waals surface area contributed by atoms with Gasteiger partial charge in [0.1, 0.15) is 10.6 Å². The van der Waals surface area contributed by atoms with E-state index in [2.05, 4.69) is 4.98 Å². The van der Waals surface area contributed by atoms with Crippen LogP contribution in [0.25, 0.3) is 10.6 Å². The molecule has 26 heavy (non-hydrogen) atoms. The molecule has 0 N–H and O–H groups in total. The van der Waals surface area contributed by atoms with E-state index in [-0.39, 0.29) is 17.0 Å². The molecule has 0 bridgehead atoms. The van der Waals surface area contributed by atoms with Crippen LogP contribution in [0.2, 0.25) is 0 Å². The lowest BCUT2D eigenvalue weighted by Gasteiger charge is -2.18. The molecule has 0 atom stereocenters. The van der Waals surface area contributed by atoms with Crippen molar-refractivity contribution in [2.24, 2.45) is 7.05 Å². The van der Waals surface area contributed by atoms with E-state index in [0.29, 0.717) is 12.1 Å². The Morgan fingerprint density at radius 2 is 1.92 bits per heavy atom. The third-order valence-electron chi connectivity index (χ3n) is 4.40. The fourth-order valence-electron chi connectivity index (χ4n) is 2.84. The number of hydrogen-bond donors (Lipinski definition) is 0. The SMILES string of the molecule is Cc1cc(C)n(C)c(=O)c1C(=O)N(C)Cc1csc(-c2ccccc2)n1. The third kappa shape index (κ3) is 3.46. The molecular formula is C20H21N3O2S. The standard InChI is InChI=1S/C20H21N3O2S/c1-13-10-14(2)23(4)20(25)17(13)19(24)22(3)11-16-12-26-18(21-16)15-8-6-5-7-9-15/h5-10,12H,11H2,1-4H3. The van der Waals surface area contributed by atoms with Gasteiger partial charge in [-0.2, -0.15) is 0 Å². The molecule has 2 aromatic heterocycles. The summed E-state index contributed by atoms with van der Waals surface area (Å²) in [5.41, 5.74) is 3.36. The molecule has 0 aliphatic rings. The number of pyridine rings is 1. The van der Waals surface area contributed by atoms with Crippen LogP contribution in [0.5, 0.6) is 0 Å². The highest BCUT2D eigenvalue weighted by atomic mass is 32.1. The van der Waals surface area contributed by atoms with Gasteiger partial charge in [0.05, 0.1) is 12.2 Å². The lowest BCUT2D eigenvalue weighted by atomic mass is 10.1. The molecule has 5 nitrogen and oxygen atoms in total. The number of rotatable bonds is 4. The molecule has 3 rings (SSSR count). The summed E-state index contributed by atoms with van der Waals surface area (Å²) in [4.78, 5) is 31.5. The average molecular weight is 367 g/mol. The summed E-state index contributed by atoms with van der Waals surface area (Å²) in [6.45, 7) is 4.01. The summed E-state index contributed by atoms with van der Waals surface area (Å²) in [7, 11) is 3.38. The molecule has 0 saturated carbocycles. The largest absolute Gasteiger partial charge is 0.336 e. The Kier molecular flexibility index (Phi) is 5.04. The average Bonchev–Trinajstić information content (AvgIpc) is 3.09. The minimum Gasteiger partial charge on any atom is -0.336 e. The van der Waals surface area contributed by atoms with E-state index < -0.39 is 0 Å². The quantitative estimate of drug-likeness (QED) is 0.710. The van der Waals surface area contributed by atoms with Crippen LogP contribution in [0.15, 0.2) is 46.6 Å². The van der Waals surface area contributed by atoms with Crippen molar-refractivity contribution in [1.82, 2.24) is 14.5 Å². The monoisotopic (exact) mass is 367 g/mol. The number of carbonyl (C=O) groups excluding carboxylic acids is 1. The van der Waals surface area contributed by atoms with E-state index in [1.807, 2.05) is 48.7 Å². The van der Waals surface area contributed by atoms with Crippen molar-refractivity contribution in [3.05, 3.63) is 74.6 Å². The Balaban J connectivity index is 1.82. The summed E-state index contributed by atoms with van der Waals surface area (Å²) in [6, 6.07) is 11.8. The highest BCUT2D eigenvalue weighted by Gasteiger charge is 2.20. The van der Waals surface area contributed by atoms with Crippen LogP contribution in [0.1, 0.15) is 27.3 Å². The van der Waals surface area contributed by atoms with E-state index in [9.17, 15) is 9.59 Å². The molecule has 0 radical (unpaired) electrons. The minimum absolute atomic E-state index is 0.221. The van der Waals surface area contributed by atoms with E-state index in [4.69, 9.17) is 0 Å². The number of benzene rings is 1. The van der Waals surface area contributed by atoms with Gasteiger partial charge >= 0.3 is 0 Å². The van der Waals surface area contributed by atoms with E-state index in [1.165, 1.54) is 4.57 Å². The Morgan fingerprint density at radius 3 is 2.62 bits per heavy atom. The number of aromatic nitrogens is 2. The second-order valence-corrected chi connectivity index (χ2v) is 7.24. The second kappa shape index (κ2) is 7.25. The number of carbonyl (C=O) groups is 1. The number of amides is 1. The van der Waals surface area contributed by atoms with Crippen molar-refractivity contribution in [1.29, 1.82) is 0 Å². The molecule has 0 fully saturated rings. The zero-order valence-corrected chi connectivity index (χ0v) is 16.1. The van der Waals surface area contributed by atoms with Crippen LogP contribution in [0, 0.1) is 13.8 Å². The second-order valence-electron chi connectivity index (χ2n) is 6.38. The van der Waals surface area contributed by atoms with Gasteiger partial charge in [-0.25, -0.2) is 4.98 Å². The van der Waals surface area contributed by atoms with Gasteiger partial charge in [0, 0.05) is 30.7 Å². The van der Waals surface area contributed by atoms with Crippen LogP contribution in [-0.4, -0.2) is 27.4 Å². The maximum Gasteiger partial charge on any atom is 0.263 e. The van der Waals surface area contributed by atoms with Crippen molar-refractivity contribution in [2.75, 3.05) is 7.05 Å². The van der Waals surface area contributed by atoms with Gasteiger partial charge in [-0.1, -0.05) is 30.3 Å². The van der Waals surface area contributed by atoms with Gasteiger partial charge in [0.2, 0.25) is 0 Å². The number of hydrogen-bond acceptors (Lipinski definition) is 4. The molecule has 3 aromatic rings. The molecule has 0 saturated heterocycles. The lowest BCUT2D eigenvalue weighted by Crippen LogP contribution is -2.35. The normalized spacial score (nSPS) is 10.8. The highest BCUT2D eigenvalue weighted by Crippen LogP contribution is 2.24. The van der Waals surface area contributed by atoms with Gasteiger partial charge in [-0.05, 0) is 25.5 Å². The molecule has 0 unspecified atom stereocenters. The van der Waals surface area contributed by atoms with Crippen LogP contribution in [0.3, 0.4) is 0 Å². The first-order valence-electron chi connectivity index (χ1n) is 8.31. The van der Waals surface area contributed by atoms with Crippen LogP contribution < -0.4 is 5.56 Å². The van der Waals surface area contributed by atoms with Crippen LogP contribution >= 0.6 is 11.3 Å². The fraction of sp³-hybridized carbons (Fsp3) is 0.250. The third-order valence-corrected chi connectivity index (χ3v) is 5.34. The molecule has 1 amide bonds. The first-order valence-corrected chi connectivity index (χ1v) is 9.19. The number of nitrogens with zero attached hydrogens (tertiary/aromatic N) is 3. The lowest BCUT2D eigenvalue weighted by molar-refractivity contribution is 0.0780. The highest BCUT2D eigenvalue weighted by molar-refractivity contribution is 7.13. The molecular weight excluding hydrogens is 346 g/mol. The molecule has 2 heterocycles. The Bertz CT molecular complexity index is 1010. The molecule has 0 spiro atoms. The van der Waals surface area contributed by atoms with Crippen LogP contribution in [-0.2, 0) is 13.6 Å². The summed E-state index contributed by atoms with van der Waals surface area (Å²) in [6.07, 6.45) is 0. The predicted molar refractivity (Wildman–Crippen MR) is 105 cm³/mol. The smallest absolute Gasteiger partial charge is 0.263 e. The molecule has 134 valence electrons. The van der Waals surface area contributed by atoms with E-state index in [1.54, 1.807) is 37.3 Å². The van der Waals surface area contributed by atoms with Crippen molar-refractivity contribution in [3.63, 3.8) is 0 Å². The molecule has 0 aliphatic carbocycles. The van der Waals surface area contributed by atoms with Crippen molar-refractivity contribution in [2.45, 2.75) is 20.4 Å². The number of aryl methyl sites for hydroxylation is 2. The van der Waals surface area contributed by atoms with E-state index in [0.717, 1.165) is 22.0 Å². The fourth-order valence-corrected chi connectivity index (χ4v) is 3.65. The Labute approximate surface area is 156 Å². The topological polar surface area (TPSA) is 55.2 Å². The minimum atomic E-state index is -0.280. The van der Waals surface area contributed by atoms with Gasteiger partial charge in [0.15, 0.2) is 0 Å². The maximum atomic E-state index is 12.8. The first kappa shape index (κ1) is 18.1. The Hall–Kier alpha value is -2.73. The molecule has 1 aromatic carbocycles. The maximum absolute atomic E-state index is 12.8. The van der Waals surface area contributed by atoms with E-state index >= 15 is 0 Å². The van der Waals surface area contributed by atoms with Gasteiger partial charge in [0.25, 0.3) is 11.5 Å². The molecule has 6 heteroatoms. The summed E-state index contributed by atoms with van der Waals surface area (Å²) < 4.78 is 1.50. The zero-order valence-electron chi connectivity index (χ0n) is 15.3. The van der Waals surface area contributed by atoms with Gasteiger partial charge in [-0.15, -0.1) is 11.3 Å². The van der Waals surface area contributed by atoms with Crippen molar-refractivity contribution in [3.8, 4) is 10.6 Å². The summed E-state index contributed by atoms with van der Waals surface area (Å²) >= 11 is 1.55. The zero-order chi connectivity index (χ0) is 18.8. The summed E-state index contributed by atoms with van der Waals surface area (Å²) in [5.74, 6) is -0.280. The first-order chi connectivity index (χ1) is 12.4. The Morgan fingerprint density at radius 1 is 1.23 bits per heavy atom. The number of thiazole rings is 1. The molecule has 0 aliphatic heterocycles. The summed E-state index contributed by atoms with van der Waals surface area (Å²) in [5, 5.41) is 2.87. The van der Waals surface area contributed by atoms with Crippen molar-refractivity contribution < 1.29 is 4.79 Å². The predicted octanol–water partition coefficient (Wildman–Crippen LogP) is 3.40. The van der Waals surface area contributed by atoms with Crippen LogP contribution in [0.4, 0.5) is 0 Å². The van der Waals surface area contributed by atoms with Crippen molar-refractivity contribution >= 4 is 17.2 Å². The van der Waals surface area contributed by atoms with Gasteiger partial charge < -0.3 is 9.47 Å². The van der Waals surface area contributed by atoms with Gasteiger partial charge in [-0.3, -0.25) is 9.59 Å².